The molecule has 0 bridgehead atoms. The minimum Gasteiger partial charge on any atom is -0.480 e. The van der Waals surface area contributed by atoms with Gasteiger partial charge in [-0.25, -0.2) is 5.10 Å². The Bertz CT molecular complexity index is 486. The van der Waals surface area contributed by atoms with Gasteiger partial charge >= 0.3 is 5.97 Å². The van der Waals surface area contributed by atoms with E-state index in [0.717, 1.165) is 12.8 Å². The highest BCUT2D eigenvalue weighted by atomic mass is 16.4. The maximum Gasteiger partial charge on any atom is 0.323 e. The van der Waals surface area contributed by atoms with Crippen LogP contribution in [0.5, 0.6) is 0 Å². The predicted molar refractivity (Wildman–Crippen MR) is 56.6 cm³/mol. The summed E-state index contributed by atoms with van der Waals surface area (Å²) in [5, 5.41) is 14.5. The molecule has 1 aliphatic rings. The van der Waals surface area contributed by atoms with Crippen LogP contribution in [0.1, 0.15) is 23.3 Å². The molecule has 1 heterocycles. The van der Waals surface area contributed by atoms with Gasteiger partial charge in [-0.2, -0.15) is 5.10 Å². The third kappa shape index (κ3) is 2.68. The number of carbonyl (C=O) groups excluding carboxylic acids is 1. The van der Waals surface area contributed by atoms with Crippen LogP contribution in [0.25, 0.3) is 0 Å². The summed E-state index contributed by atoms with van der Waals surface area (Å²) in [6.07, 6.45) is 1.62. The van der Waals surface area contributed by atoms with Crippen LogP contribution in [0.4, 0.5) is 0 Å². The number of aliphatic carboxylic acids is 1. The number of nitrogens with one attached hydrogen (secondary N) is 1. The molecular formula is C10H11N3O4. The maximum atomic E-state index is 12.0. The van der Waals surface area contributed by atoms with Crippen molar-refractivity contribution >= 4 is 11.9 Å². The van der Waals surface area contributed by atoms with Crippen molar-refractivity contribution in [3.05, 3.63) is 28.2 Å². The molecule has 7 nitrogen and oxygen atoms in total. The van der Waals surface area contributed by atoms with E-state index in [0.29, 0.717) is 0 Å². The largest absolute Gasteiger partial charge is 0.480 e. The highest BCUT2D eigenvalue weighted by Gasteiger charge is 2.34. The minimum atomic E-state index is -1.06. The van der Waals surface area contributed by atoms with Gasteiger partial charge in [0.25, 0.3) is 11.5 Å². The normalized spacial score (nSPS) is 14.4. The van der Waals surface area contributed by atoms with Gasteiger partial charge in [0.15, 0.2) is 0 Å². The maximum absolute atomic E-state index is 12.0. The van der Waals surface area contributed by atoms with Crippen molar-refractivity contribution in [2.75, 3.05) is 6.54 Å². The van der Waals surface area contributed by atoms with Gasteiger partial charge in [0.2, 0.25) is 0 Å². The highest BCUT2D eigenvalue weighted by molar-refractivity contribution is 5.94. The van der Waals surface area contributed by atoms with Crippen LogP contribution in [-0.4, -0.2) is 44.7 Å². The fraction of sp³-hybridized carbons (Fsp3) is 0.400. The van der Waals surface area contributed by atoms with Crippen molar-refractivity contribution in [3.63, 3.8) is 0 Å². The van der Waals surface area contributed by atoms with Gasteiger partial charge in [-0.3, -0.25) is 14.4 Å². The summed E-state index contributed by atoms with van der Waals surface area (Å²) in [5.41, 5.74) is -0.351. The number of nitrogens with zero attached hydrogens (tertiary/aromatic N) is 2. The first-order valence-corrected chi connectivity index (χ1v) is 5.16. The summed E-state index contributed by atoms with van der Waals surface area (Å²) < 4.78 is 0. The standard InChI is InChI=1S/C10H11N3O4/c14-8-4-3-7(11-12-8)10(17)13(5-9(15)16)6-1-2-6/h3-4,6H,1-2,5H2,(H,12,14)(H,15,16). The lowest BCUT2D eigenvalue weighted by Gasteiger charge is -2.19. The fourth-order valence-electron chi connectivity index (χ4n) is 1.51. The molecule has 17 heavy (non-hydrogen) atoms. The molecule has 0 aliphatic heterocycles. The van der Waals surface area contributed by atoms with Crippen LogP contribution < -0.4 is 5.56 Å². The Morgan fingerprint density at radius 3 is 2.65 bits per heavy atom. The van der Waals surface area contributed by atoms with Crippen LogP contribution in [0, 0.1) is 0 Å². The third-order valence-corrected chi connectivity index (χ3v) is 2.45. The Kier molecular flexibility index (Phi) is 2.90. The van der Waals surface area contributed by atoms with E-state index in [1.165, 1.54) is 17.0 Å². The Morgan fingerprint density at radius 1 is 1.47 bits per heavy atom. The van der Waals surface area contributed by atoms with Crippen LogP contribution in [0.15, 0.2) is 16.9 Å². The van der Waals surface area contributed by atoms with Gasteiger partial charge in [-0.05, 0) is 18.9 Å². The molecule has 0 aromatic carbocycles. The van der Waals surface area contributed by atoms with Crippen molar-refractivity contribution in [3.8, 4) is 0 Å². The molecule has 1 aromatic heterocycles. The Hall–Kier alpha value is -2.18. The molecular weight excluding hydrogens is 226 g/mol. The molecule has 0 unspecified atom stereocenters. The number of carboxylic acids is 1. The zero-order valence-corrected chi connectivity index (χ0v) is 8.92. The minimum absolute atomic E-state index is 0.0210. The number of hydrogen-bond donors (Lipinski definition) is 2. The van der Waals surface area contributed by atoms with Crippen LogP contribution in [-0.2, 0) is 4.79 Å². The molecule has 7 heteroatoms. The first-order chi connectivity index (χ1) is 8.08. The van der Waals surface area contributed by atoms with Gasteiger partial charge in [-0.1, -0.05) is 0 Å². The first-order valence-electron chi connectivity index (χ1n) is 5.16. The van der Waals surface area contributed by atoms with Crippen LogP contribution in [0.2, 0.25) is 0 Å². The van der Waals surface area contributed by atoms with Crippen molar-refractivity contribution in [2.24, 2.45) is 0 Å². The topological polar surface area (TPSA) is 103 Å². The molecule has 2 rings (SSSR count). The van der Waals surface area contributed by atoms with Gasteiger partial charge in [0, 0.05) is 12.1 Å². The lowest BCUT2D eigenvalue weighted by molar-refractivity contribution is -0.137. The molecule has 0 spiro atoms. The van der Waals surface area contributed by atoms with E-state index in [1.807, 2.05) is 0 Å². The zero-order chi connectivity index (χ0) is 12.4. The van der Waals surface area contributed by atoms with Gasteiger partial charge in [-0.15, -0.1) is 0 Å². The summed E-state index contributed by atoms with van der Waals surface area (Å²) in [4.78, 5) is 34.7. The zero-order valence-electron chi connectivity index (χ0n) is 8.92. The lowest BCUT2D eigenvalue weighted by Crippen LogP contribution is -2.38. The van der Waals surface area contributed by atoms with E-state index in [1.54, 1.807) is 0 Å². The van der Waals surface area contributed by atoms with E-state index >= 15 is 0 Å². The van der Waals surface area contributed by atoms with Crippen LogP contribution >= 0.6 is 0 Å². The summed E-state index contributed by atoms with van der Waals surface area (Å²) in [5.74, 6) is -1.53. The summed E-state index contributed by atoms with van der Waals surface area (Å²) in [6, 6.07) is 2.46. The van der Waals surface area contributed by atoms with E-state index in [4.69, 9.17) is 5.11 Å². The van der Waals surface area contributed by atoms with Crippen LogP contribution in [0.3, 0.4) is 0 Å². The lowest BCUT2D eigenvalue weighted by atomic mass is 10.3. The Balaban J connectivity index is 2.18. The molecule has 0 atom stereocenters. The van der Waals surface area contributed by atoms with Gasteiger partial charge in [0.05, 0.1) is 0 Å². The smallest absolute Gasteiger partial charge is 0.323 e. The first kappa shape index (κ1) is 11.3. The second kappa shape index (κ2) is 4.36. The number of hydrogen-bond acceptors (Lipinski definition) is 4. The van der Waals surface area contributed by atoms with E-state index in [9.17, 15) is 14.4 Å². The Morgan fingerprint density at radius 2 is 2.18 bits per heavy atom. The number of H-pyrrole nitrogens is 1. The van der Waals surface area contributed by atoms with Crippen molar-refractivity contribution in [2.45, 2.75) is 18.9 Å². The molecule has 1 saturated carbocycles. The van der Waals surface area contributed by atoms with E-state index in [-0.39, 0.29) is 18.3 Å². The predicted octanol–water partition coefficient (Wildman–Crippen LogP) is -0.541. The number of rotatable bonds is 4. The number of aromatic nitrogens is 2. The summed E-state index contributed by atoms with van der Waals surface area (Å²) in [7, 11) is 0. The van der Waals surface area contributed by atoms with E-state index < -0.39 is 17.4 Å². The van der Waals surface area contributed by atoms with Gasteiger partial charge < -0.3 is 10.0 Å². The molecule has 1 aromatic rings. The fourth-order valence-corrected chi connectivity index (χ4v) is 1.51. The average molecular weight is 237 g/mol. The second-order valence-corrected chi connectivity index (χ2v) is 3.86. The number of carboxylic acid groups (broad SMARTS) is 1. The quantitative estimate of drug-likeness (QED) is 0.731. The number of amides is 1. The van der Waals surface area contributed by atoms with E-state index in [2.05, 4.69) is 10.2 Å². The molecule has 1 amide bonds. The highest BCUT2D eigenvalue weighted by Crippen LogP contribution is 2.27. The number of carbonyl (C=O) groups is 2. The summed E-state index contributed by atoms with van der Waals surface area (Å²) in [6.45, 7) is -0.343. The monoisotopic (exact) mass is 237 g/mol. The molecule has 1 aliphatic carbocycles. The second-order valence-electron chi connectivity index (χ2n) is 3.86. The number of aromatic amines is 1. The molecule has 2 N–H and O–H groups in total. The molecule has 0 saturated heterocycles. The summed E-state index contributed by atoms with van der Waals surface area (Å²) >= 11 is 0. The van der Waals surface area contributed by atoms with Crippen molar-refractivity contribution < 1.29 is 14.7 Å². The van der Waals surface area contributed by atoms with Crippen molar-refractivity contribution in [1.29, 1.82) is 0 Å². The average Bonchev–Trinajstić information content (AvgIpc) is 3.09. The van der Waals surface area contributed by atoms with Crippen molar-refractivity contribution in [1.82, 2.24) is 15.1 Å². The molecule has 90 valence electrons. The SMILES string of the molecule is O=C(O)CN(C(=O)c1ccc(=O)[nH]n1)C1CC1. The molecule has 1 fully saturated rings. The third-order valence-electron chi connectivity index (χ3n) is 2.45. The Labute approximate surface area is 96.1 Å². The molecule has 0 radical (unpaired) electrons. The van der Waals surface area contributed by atoms with Gasteiger partial charge in [0.1, 0.15) is 12.2 Å².